The Hall–Kier alpha value is -2.43. The van der Waals surface area contributed by atoms with Gasteiger partial charge in [-0.15, -0.1) is 0 Å². The van der Waals surface area contributed by atoms with Crippen LogP contribution in [-0.2, 0) is 22.0 Å². The summed E-state index contributed by atoms with van der Waals surface area (Å²) in [5.41, 5.74) is 3.86. The molecule has 0 unspecified atom stereocenters. The summed E-state index contributed by atoms with van der Waals surface area (Å²) in [4.78, 5) is -0.0731. The highest BCUT2D eigenvalue weighted by Gasteiger charge is 2.27. The maximum atomic E-state index is 11.6. The first-order valence-corrected chi connectivity index (χ1v) is 9.93. The first-order chi connectivity index (χ1) is 12.3. The molecule has 3 rings (SSSR count). The van der Waals surface area contributed by atoms with Crippen LogP contribution in [-0.4, -0.2) is 13.0 Å². The normalized spacial score (nSPS) is 12.1. The Bertz CT molecular complexity index is 992. The van der Waals surface area contributed by atoms with Crippen molar-refractivity contribution in [3.63, 3.8) is 0 Å². The van der Waals surface area contributed by atoms with Crippen molar-refractivity contribution >= 4 is 10.1 Å². The molecule has 1 N–H and O–H groups in total. The van der Waals surface area contributed by atoms with Crippen molar-refractivity contribution in [3.8, 4) is 0 Å². The molecule has 3 aromatic carbocycles. The van der Waals surface area contributed by atoms with Crippen molar-refractivity contribution in [2.24, 2.45) is 0 Å². The van der Waals surface area contributed by atoms with Crippen LogP contribution in [0.15, 0.2) is 83.8 Å². The Kier molecular flexibility index (Phi) is 4.99. The third kappa shape index (κ3) is 3.87. The highest BCUT2D eigenvalue weighted by molar-refractivity contribution is 7.85. The van der Waals surface area contributed by atoms with Crippen molar-refractivity contribution in [1.82, 2.24) is 0 Å². The monoisotopic (exact) mass is 366 g/mol. The Morgan fingerprint density at radius 1 is 0.846 bits per heavy atom. The summed E-state index contributed by atoms with van der Waals surface area (Å²) in [7, 11) is -4.24. The van der Waals surface area contributed by atoms with Gasteiger partial charge in [0.1, 0.15) is 0 Å². The fraction of sp³-hybridized carbons (Fsp3) is 0.182. The maximum Gasteiger partial charge on any atom is 0.294 e. The first-order valence-electron chi connectivity index (χ1n) is 8.49. The number of benzene rings is 3. The minimum Gasteiger partial charge on any atom is -0.282 e. The number of hydrogen-bond donors (Lipinski definition) is 1. The molecule has 0 saturated carbocycles. The molecule has 3 aromatic rings. The van der Waals surface area contributed by atoms with Crippen LogP contribution >= 0.6 is 0 Å². The molecular formula is C22H22O3S. The van der Waals surface area contributed by atoms with Crippen LogP contribution in [0.2, 0.25) is 0 Å². The van der Waals surface area contributed by atoms with Gasteiger partial charge in [-0.1, -0.05) is 80.6 Å². The van der Waals surface area contributed by atoms with Crippen molar-refractivity contribution < 1.29 is 13.0 Å². The molecule has 0 amide bonds. The van der Waals surface area contributed by atoms with Crippen LogP contribution in [0, 0.1) is 0 Å². The summed E-state index contributed by atoms with van der Waals surface area (Å²) < 4.78 is 32.7. The van der Waals surface area contributed by atoms with Gasteiger partial charge in [-0.3, -0.25) is 4.55 Å². The van der Waals surface area contributed by atoms with Crippen LogP contribution in [0.4, 0.5) is 0 Å². The molecule has 26 heavy (non-hydrogen) atoms. The lowest BCUT2D eigenvalue weighted by Crippen LogP contribution is -2.21. The second kappa shape index (κ2) is 7.06. The average Bonchev–Trinajstić information content (AvgIpc) is 2.62. The van der Waals surface area contributed by atoms with Crippen LogP contribution < -0.4 is 0 Å². The molecule has 0 aliphatic carbocycles. The molecule has 3 nitrogen and oxygen atoms in total. The fourth-order valence-corrected chi connectivity index (χ4v) is 3.84. The minimum atomic E-state index is -4.24. The molecular weight excluding hydrogens is 344 g/mol. The number of hydrogen-bond acceptors (Lipinski definition) is 2. The summed E-state index contributed by atoms with van der Waals surface area (Å²) in [5.74, 6) is 0. The molecule has 0 atom stereocenters. The van der Waals surface area contributed by atoms with E-state index in [1.165, 1.54) is 6.07 Å². The second-order valence-electron chi connectivity index (χ2n) is 6.95. The summed E-state index contributed by atoms with van der Waals surface area (Å²) in [5, 5.41) is 0. The Balaban J connectivity index is 2.15. The highest BCUT2D eigenvalue weighted by atomic mass is 32.2. The van der Waals surface area contributed by atoms with E-state index in [0.29, 0.717) is 6.42 Å². The predicted octanol–water partition coefficient (Wildman–Crippen LogP) is 4.85. The Labute approximate surface area is 155 Å². The van der Waals surface area contributed by atoms with Crippen LogP contribution in [0.3, 0.4) is 0 Å². The van der Waals surface area contributed by atoms with E-state index in [-0.39, 0.29) is 10.3 Å². The third-order valence-corrected chi connectivity index (χ3v) is 5.63. The smallest absolute Gasteiger partial charge is 0.282 e. The second-order valence-corrected chi connectivity index (χ2v) is 8.37. The van der Waals surface area contributed by atoms with Gasteiger partial charge in [0.2, 0.25) is 0 Å². The van der Waals surface area contributed by atoms with Crippen LogP contribution in [0.1, 0.15) is 36.1 Å². The van der Waals surface area contributed by atoms with Gasteiger partial charge in [0.15, 0.2) is 0 Å². The first kappa shape index (κ1) is 18.4. The van der Waals surface area contributed by atoms with E-state index in [1.54, 1.807) is 6.07 Å². The van der Waals surface area contributed by atoms with E-state index in [4.69, 9.17) is 0 Å². The van der Waals surface area contributed by atoms with Crippen molar-refractivity contribution in [2.45, 2.75) is 30.6 Å². The van der Waals surface area contributed by atoms with E-state index in [9.17, 15) is 13.0 Å². The summed E-state index contributed by atoms with van der Waals surface area (Å²) in [6.07, 6.45) is 0.593. The molecule has 0 aliphatic rings. The van der Waals surface area contributed by atoms with Gasteiger partial charge < -0.3 is 0 Å². The standard InChI is InChI=1S/C22H22O3S/c1-22(2,19-11-7-4-8-12-19)21-14-13-20(26(23,24)25)16-18(21)15-17-9-5-3-6-10-17/h3-14,16H,15H2,1-2H3,(H,23,24,25). The molecule has 134 valence electrons. The lowest BCUT2D eigenvalue weighted by molar-refractivity contribution is 0.483. The van der Waals surface area contributed by atoms with E-state index in [1.807, 2.05) is 54.6 Å². The molecule has 0 heterocycles. The molecule has 4 heteroatoms. The van der Waals surface area contributed by atoms with Gasteiger partial charge in [-0.2, -0.15) is 8.42 Å². The maximum absolute atomic E-state index is 11.6. The lowest BCUT2D eigenvalue weighted by atomic mass is 9.75. The van der Waals surface area contributed by atoms with Gasteiger partial charge >= 0.3 is 0 Å². The summed E-state index contributed by atoms with van der Waals surface area (Å²) in [6, 6.07) is 24.9. The van der Waals surface area contributed by atoms with Crippen molar-refractivity contribution in [1.29, 1.82) is 0 Å². The summed E-state index contributed by atoms with van der Waals surface area (Å²) in [6.45, 7) is 4.25. The zero-order valence-electron chi connectivity index (χ0n) is 14.9. The third-order valence-electron chi connectivity index (χ3n) is 4.78. The lowest BCUT2D eigenvalue weighted by Gasteiger charge is -2.29. The molecule has 0 bridgehead atoms. The average molecular weight is 366 g/mol. The quantitative estimate of drug-likeness (QED) is 0.657. The molecule has 0 aromatic heterocycles. The SMILES string of the molecule is CC(C)(c1ccccc1)c1ccc(S(=O)(=O)O)cc1Cc1ccccc1. The van der Waals surface area contributed by atoms with Crippen molar-refractivity contribution in [3.05, 3.63) is 101 Å². The van der Waals surface area contributed by atoms with Crippen LogP contribution in [0.25, 0.3) is 0 Å². The van der Waals surface area contributed by atoms with E-state index in [0.717, 1.165) is 22.3 Å². The molecule has 0 saturated heterocycles. The van der Waals surface area contributed by atoms with Gasteiger partial charge in [-0.05, 0) is 40.8 Å². The van der Waals surface area contributed by atoms with Gasteiger partial charge in [-0.25, -0.2) is 0 Å². The predicted molar refractivity (Wildman–Crippen MR) is 104 cm³/mol. The largest absolute Gasteiger partial charge is 0.294 e. The van der Waals surface area contributed by atoms with Gasteiger partial charge in [0.25, 0.3) is 10.1 Å². The van der Waals surface area contributed by atoms with Crippen molar-refractivity contribution in [2.75, 3.05) is 0 Å². The zero-order valence-corrected chi connectivity index (χ0v) is 15.7. The van der Waals surface area contributed by atoms with E-state index < -0.39 is 10.1 Å². The Morgan fingerprint density at radius 2 is 1.42 bits per heavy atom. The highest BCUT2D eigenvalue weighted by Crippen LogP contribution is 2.35. The Morgan fingerprint density at radius 3 is 2.00 bits per heavy atom. The molecule has 0 spiro atoms. The van der Waals surface area contributed by atoms with Gasteiger partial charge in [0, 0.05) is 5.41 Å². The van der Waals surface area contributed by atoms with Gasteiger partial charge in [0.05, 0.1) is 4.90 Å². The number of rotatable bonds is 5. The van der Waals surface area contributed by atoms with E-state index in [2.05, 4.69) is 26.0 Å². The minimum absolute atomic E-state index is 0.0731. The molecule has 0 aliphatic heterocycles. The van der Waals surface area contributed by atoms with E-state index >= 15 is 0 Å². The molecule has 0 fully saturated rings. The summed E-state index contributed by atoms with van der Waals surface area (Å²) >= 11 is 0. The zero-order chi connectivity index (χ0) is 18.8. The van der Waals surface area contributed by atoms with Crippen LogP contribution in [0.5, 0.6) is 0 Å². The topological polar surface area (TPSA) is 54.4 Å². The fourth-order valence-electron chi connectivity index (χ4n) is 3.31. The molecule has 0 radical (unpaired) electrons.